The van der Waals surface area contributed by atoms with Crippen LogP contribution < -0.4 is 4.74 Å². The molecular formula is C8H9NO3. The lowest BCUT2D eigenvalue weighted by Gasteiger charge is -2.04. The SMILES string of the molecule is C[C@@H](O)C(=O)Oc1cccnc1. The molecule has 0 unspecified atom stereocenters. The van der Waals surface area contributed by atoms with Gasteiger partial charge in [0.1, 0.15) is 11.9 Å². The van der Waals surface area contributed by atoms with Gasteiger partial charge in [-0.3, -0.25) is 4.98 Å². The standard InChI is InChI=1S/C8H9NO3/c1-6(10)8(11)12-7-3-2-4-9-5-7/h2-6,10H,1H3/t6-/m1/s1. The maximum Gasteiger partial charge on any atom is 0.340 e. The number of carbonyl (C=O) groups is 1. The van der Waals surface area contributed by atoms with Gasteiger partial charge in [-0.25, -0.2) is 4.79 Å². The molecule has 0 amide bonds. The van der Waals surface area contributed by atoms with Crippen LogP contribution in [-0.4, -0.2) is 22.2 Å². The molecule has 1 rings (SSSR count). The average Bonchev–Trinajstić information content (AvgIpc) is 2.06. The molecular weight excluding hydrogens is 158 g/mol. The van der Waals surface area contributed by atoms with Gasteiger partial charge in [0.15, 0.2) is 0 Å². The number of aliphatic hydroxyl groups is 1. The minimum absolute atomic E-state index is 0.336. The smallest absolute Gasteiger partial charge is 0.340 e. The molecule has 0 aromatic carbocycles. The van der Waals surface area contributed by atoms with E-state index in [-0.39, 0.29) is 0 Å². The van der Waals surface area contributed by atoms with Crippen molar-refractivity contribution < 1.29 is 14.6 Å². The zero-order valence-electron chi connectivity index (χ0n) is 6.60. The highest BCUT2D eigenvalue weighted by atomic mass is 16.5. The molecule has 0 spiro atoms. The quantitative estimate of drug-likeness (QED) is 0.646. The van der Waals surface area contributed by atoms with Gasteiger partial charge in [-0.15, -0.1) is 0 Å². The van der Waals surface area contributed by atoms with Crippen LogP contribution in [0.4, 0.5) is 0 Å². The van der Waals surface area contributed by atoms with Gasteiger partial charge in [0.2, 0.25) is 0 Å². The fourth-order valence-corrected chi connectivity index (χ4v) is 0.609. The number of rotatable bonds is 2. The van der Waals surface area contributed by atoms with E-state index in [1.807, 2.05) is 0 Å². The van der Waals surface area contributed by atoms with Crippen LogP contribution in [0.2, 0.25) is 0 Å². The molecule has 12 heavy (non-hydrogen) atoms. The Morgan fingerprint density at radius 2 is 2.50 bits per heavy atom. The van der Waals surface area contributed by atoms with Crippen molar-refractivity contribution in [2.45, 2.75) is 13.0 Å². The molecule has 1 N–H and O–H groups in total. The Kier molecular flexibility index (Phi) is 2.76. The molecule has 1 atom stereocenters. The second-order valence-corrected chi connectivity index (χ2v) is 2.29. The van der Waals surface area contributed by atoms with Crippen LogP contribution in [0, 0.1) is 0 Å². The Labute approximate surface area is 69.8 Å². The molecule has 0 aliphatic heterocycles. The Hall–Kier alpha value is -1.42. The Morgan fingerprint density at radius 3 is 3.00 bits per heavy atom. The van der Waals surface area contributed by atoms with Crippen LogP contribution in [-0.2, 0) is 4.79 Å². The number of ether oxygens (including phenoxy) is 1. The number of hydrogen-bond acceptors (Lipinski definition) is 4. The number of nitrogens with zero attached hydrogens (tertiary/aromatic N) is 1. The topological polar surface area (TPSA) is 59.4 Å². The third-order valence-corrected chi connectivity index (χ3v) is 1.19. The molecule has 0 radical (unpaired) electrons. The molecule has 4 heteroatoms. The van der Waals surface area contributed by atoms with Gasteiger partial charge in [-0.2, -0.15) is 0 Å². The maximum absolute atomic E-state index is 10.8. The van der Waals surface area contributed by atoms with Crippen molar-refractivity contribution in [1.29, 1.82) is 0 Å². The van der Waals surface area contributed by atoms with Gasteiger partial charge in [0.25, 0.3) is 0 Å². The number of esters is 1. The van der Waals surface area contributed by atoms with Gasteiger partial charge in [-0.1, -0.05) is 0 Å². The van der Waals surface area contributed by atoms with Crippen LogP contribution in [0.1, 0.15) is 6.92 Å². The van der Waals surface area contributed by atoms with Gasteiger partial charge in [0.05, 0.1) is 6.20 Å². The van der Waals surface area contributed by atoms with Crippen LogP contribution in [0.3, 0.4) is 0 Å². The van der Waals surface area contributed by atoms with Gasteiger partial charge < -0.3 is 9.84 Å². The summed E-state index contributed by atoms with van der Waals surface area (Å²) in [7, 11) is 0. The van der Waals surface area contributed by atoms with E-state index < -0.39 is 12.1 Å². The van der Waals surface area contributed by atoms with E-state index >= 15 is 0 Å². The zero-order chi connectivity index (χ0) is 8.97. The lowest BCUT2D eigenvalue weighted by atomic mass is 10.4. The molecule has 1 heterocycles. The number of hydrogen-bond donors (Lipinski definition) is 1. The number of aliphatic hydroxyl groups excluding tert-OH is 1. The fourth-order valence-electron chi connectivity index (χ4n) is 0.609. The molecule has 0 saturated heterocycles. The van der Waals surface area contributed by atoms with Gasteiger partial charge >= 0.3 is 5.97 Å². The molecule has 0 aliphatic rings. The third-order valence-electron chi connectivity index (χ3n) is 1.19. The Morgan fingerprint density at radius 1 is 1.75 bits per heavy atom. The summed E-state index contributed by atoms with van der Waals surface area (Å²) in [6.45, 7) is 1.35. The molecule has 4 nitrogen and oxygen atoms in total. The molecule has 1 aromatic heterocycles. The highest BCUT2D eigenvalue weighted by molar-refractivity contribution is 5.76. The van der Waals surface area contributed by atoms with Crippen molar-refractivity contribution in [2.24, 2.45) is 0 Å². The van der Waals surface area contributed by atoms with E-state index in [1.165, 1.54) is 13.1 Å². The Balaban J connectivity index is 2.59. The van der Waals surface area contributed by atoms with E-state index in [0.29, 0.717) is 5.75 Å². The van der Waals surface area contributed by atoms with Crippen molar-refractivity contribution in [3.05, 3.63) is 24.5 Å². The van der Waals surface area contributed by atoms with Gasteiger partial charge in [-0.05, 0) is 19.1 Å². The van der Waals surface area contributed by atoms with Crippen LogP contribution >= 0.6 is 0 Å². The summed E-state index contributed by atoms with van der Waals surface area (Å²) in [5, 5.41) is 8.79. The highest BCUT2D eigenvalue weighted by Crippen LogP contribution is 2.06. The van der Waals surface area contributed by atoms with Crippen molar-refractivity contribution in [3.63, 3.8) is 0 Å². The summed E-state index contributed by atoms with van der Waals surface area (Å²) in [5.74, 6) is -0.341. The largest absolute Gasteiger partial charge is 0.423 e. The first-order valence-corrected chi connectivity index (χ1v) is 3.50. The minimum atomic E-state index is -1.11. The van der Waals surface area contributed by atoms with Gasteiger partial charge in [0, 0.05) is 6.20 Å². The zero-order valence-corrected chi connectivity index (χ0v) is 6.60. The van der Waals surface area contributed by atoms with Crippen molar-refractivity contribution in [1.82, 2.24) is 4.98 Å². The Bertz CT molecular complexity index is 258. The van der Waals surface area contributed by atoms with E-state index in [4.69, 9.17) is 9.84 Å². The first kappa shape index (κ1) is 8.67. The summed E-state index contributed by atoms with van der Waals surface area (Å²) in [4.78, 5) is 14.6. The van der Waals surface area contributed by atoms with Crippen LogP contribution in [0.15, 0.2) is 24.5 Å². The van der Waals surface area contributed by atoms with Crippen LogP contribution in [0.5, 0.6) is 5.75 Å². The van der Waals surface area contributed by atoms with Crippen molar-refractivity contribution >= 4 is 5.97 Å². The summed E-state index contributed by atoms with van der Waals surface area (Å²) >= 11 is 0. The first-order valence-electron chi connectivity index (χ1n) is 3.50. The normalized spacial score (nSPS) is 12.2. The third kappa shape index (κ3) is 2.32. The number of pyridine rings is 1. The minimum Gasteiger partial charge on any atom is -0.423 e. The van der Waals surface area contributed by atoms with E-state index in [9.17, 15) is 4.79 Å². The number of aromatic nitrogens is 1. The summed E-state index contributed by atoms with van der Waals surface area (Å²) in [5.41, 5.74) is 0. The molecule has 0 bridgehead atoms. The second kappa shape index (κ2) is 3.82. The van der Waals surface area contributed by atoms with Crippen molar-refractivity contribution in [3.8, 4) is 5.75 Å². The maximum atomic E-state index is 10.8. The first-order chi connectivity index (χ1) is 5.70. The second-order valence-electron chi connectivity index (χ2n) is 2.29. The van der Waals surface area contributed by atoms with Crippen LogP contribution in [0.25, 0.3) is 0 Å². The molecule has 1 aromatic rings. The average molecular weight is 167 g/mol. The van der Waals surface area contributed by atoms with Crippen molar-refractivity contribution in [2.75, 3.05) is 0 Å². The highest BCUT2D eigenvalue weighted by Gasteiger charge is 2.10. The lowest BCUT2D eigenvalue weighted by Crippen LogP contribution is -2.22. The van der Waals surface area contributed by atoms with E-state index in [0.717, 1.165) is 0 Å². The lowest BCUT2D eigenvalue weighted by molar-refractivity contribution is -0.142. The monoisotopic (exact) mass is 167 g/mol. The van der Waals surface area contributed by atoms with E-state index in [2.05, 4.69) is 4.98 Å². The molecule has 64 valence electrons. The number of carbonyl (C=O) groups excluding carboxylic acids is 1. The molecule has 0 aliphatic carbocycles. The summed E-state index contributed by atoms with van der Waals surface area (Å²) in [6, 6.07) is 3.23. The predicted molar refractivity (Wildman–Crippen MR) is 41.6 cm³/mol. The summed E-state index contributed by atoms with van der Waals surface area (Å²) < 4.78 is 4.72. The summed E-state index contributed by atoms with van der Waals surface area (Å²) in [6.07, 6.45) is 1.87. The fraction of sp³-hybridized carbons (Fsp3) is 0.250. The molecule has 0 fully saturated rings. The predicted octanol–water partition coefficient (Wildman–Crippen LogP) is 0.368. The molecule has 0 saturated carbocycles. The van der Waals surface area contributed by atoms with E-state index in [1.54, 1.807) is 18.3 Å².